The van der Waals surface area contributed by atoms with Crippen LogP contribution in [0.2, 0.25) is 0 Å². The molecule has 0 saturated heterocycles. The number of rotatable bonds is 6. The highest BCUT2D eigenvalue weighted by molar-refractivity contribution is 5.88. The SMILES string of the molecule is CCCNc1ccc2cc(NCCC)ccc2c1. The normalized spacial score (nSPS) is 10.6. The fourth-order valence-electron chi connectivity index (χ4n) is 2.00. The molecule has 0 fully saturated rings. The van der Waals surface area contributed by atoms with Gasteiger partial charge >= 0.3 is 0 Å². The van der Waals surface area contributed by atoms with E-state index in [1.165, 1.54) is 22.1 Å². The highest BCUT2D eigenvalue weighted by Gasteiger charge is 1.98. The number of fused-ring (bicyclic) bond motifs is 1. The van der Waals surface area contributed by atoms with Crippen LogP contribution in [0.15, 0.2) is 36.4 Å². The van der Waals surface area contributed by atoms with Gasteiger partial charge in [-0.05, 0) is 47.9 Å². The predicted octanol–water partition coefficient (Wildman–Crippen LogP) is 4.48. The van der Waals surface area contributed by atoms with Gasteiger partial charge in [-0.3, -0.25) is 0 Å². The summed E-state index contributed by atoms with van der Waals surface area (Å²) in [6, 6.07) is 13.1. The molecule has 2 rings (SSSR count). The molecule has 0 heterocycles. The summed E-state index contributed by atoms with van der Waals surface area (Å²) in [7, 11) is 0. The molecule has 2 nitrogen and oxygen atoms in total. The maximum absolute atomic E-state index is 3.42. The third kappa shape index (κ3) is 3.16. The Morgan fingerprint density at radius 2 is 1.17 bits per heavy atom. The van der Waals surface area contributed by atoms with Gasteiger partial charge in [-0.15, -0.1) is 0 Å². The van der Waals surface area contributed by atoms with E-state index in [0.29, 0.717) is 0 Å². The molecular formula is C16H22N2. The maximum Gasteiger partial charge on any atom is 0.0346 e. The molecule has 96 valence electrons. The minimum Gasteiger partial charge on any atom is -0.385 e. The van der Waals surface area contributed by atoms with Crippen LogP contribution in [0.1, 0.15) is 26.7 Å². The van der Waals surface area contributed by atoms with E-state index in [2.05, 4.69) is 60.9 Å². The Balaban J connectivity index is 2.19. The van der Waals surface area contributed by atoms with E-state index >= 15 is 0 Å². The Kier molecular flexibility index (Phi) is 4.46. The summed E-state index contributed by atoms with van der Waals surface area (Å²) in [6.07, 6.45) is 2.30. The summed E-state index contributed by atoms with van der Waals surface area (Å²) in [5.74, 6) is 0. The van der Waals surface area contributed by atoms with E-state index in [1.54, 1.807) is 0 Å². The monoisotopic (exact) mass is 242 g/mol. The number of benzene rings is 2. The van der Waals surface area contributed by atoms with E-state index in [9.17, 15) is 0 Å². The summed E-state index contributed by atoms with van der Waals surface area (Å²) in [5.41, 5.74) is 2.41. The quantitative estimate of drug-likeness (QED) is 0.780. The molecule has 0 amide bonds. The summed E-state index contributed by atoms with van der Waals surface area (Å²) in [4.78, 5) is 0. The molecule has 0 unspecified atom stereocenters. The molecule has 0 aromatic heterocycles. The standard InChI is InChI=1S/C16H22N2/c1-3-9-17-15-7-5-14-12-16(18-10-4-2)8-6-13(14)11-15/h5-8,11-12,17-18H,3-4,9-10H2,1-2H3. The molecular weight excluding hydrogens is 220 g/mol. The Hall–Kier alpha value is -1.70. The molecule has 2 aromatic carbocycles. The van der Waals surface area contributed by atoms with Crippen molar-refractivity contribution in [1.82, 2.24) is 0 Å². The first-order chi connectivity index (χ1) is 8.83. The summed E-state index contributed by atoms with van der Waals surface area (Å²) < 4.78 is 0. The van der Waals surface area contributed by atoms with Crippen LogP contribution in [0, 0.1) is 0 Å². The van der Waals surface area contributed by atoms with E-state index in [-0.39, 0.29) is 0 Å². The molecule has 0 bridgehead atoms. The third-order valence-electron chi connectivity index (χ3n) is 3.00. The number of hydrogen-bond acceptors (Lipinski definition) is 2. The van der Waals surface area contributed by atoms with Crippen molar-refractivity contribution in [2.75, 3.05) is 23.7 Å². The molecule has 0 aliphatic heterocycles. The lowest BCUT2D eigenvalue weighted by Gasteiger charge is -2.09. The van der Waals surface area contributed by atoms with Gasteiger partial charge in [0.2, 0.25) is 0 Å². The second-order valence-electron chi connectivity index (χ2n) is 4.63. The molecule has 2 aromatic rings. The van der Waals surface area contributed by atoms with E-state index < -0.39 is 0 Å². The van der Waals surface area contributed by atoms with Crippen molar-refractivity contribution in [2.24, 2.45) is 0 Å². The van der Waals surface area contributed by atoms with Gasteiger partial charge in [-0.25, -0.2) is 0 Å². The van der Waals surface area contributed by atoms with Gasteiger partial charge in [0.05, 0.1) is 0 Å². The number of nitrogens with one attached hydrogen (secondary N) is 2. The molecule has 0 aliphatic rings. The zero-order chi connectivity index (χ0) is 12.8. The Labute approximate surface area is 109 Å². The maximum atomic E-state index is 3.42. The van der Waals surface area contributed by atoms with Crippen LogP contribution in [0.4, 0.5) is 11.4 Å². The van der Waals surface area contributed by atoms with Crippen molar-refractivity contribution in [3.8, 4) is 0 Å². The van der Waals surface area contributed by atoms with Gasteiger partial charge in [0.1, 0.15) is 0 Å². The van der Waals surface area contributed by atoms with Crippen molar-refractivity contribution in [3.05, 3.63) is 36.4 Å². The minimum absolute atomic E-state index is 1.03. The number of hydrogen-bond donors (Lipinski definition) is 2. The second-order valence-corrected chi connectivity index (χ2v) is 4.63. The minimum atomic E-state index is 1.03. The van der Waals surface area contributed by atoms with E-state index in [0.717, 1.165) is 25.9 Å². The lowest BCUT2D eigenvalue weighted by atomic mass is 10.1. The summed E-state index contributed by atoms with van der Waals surface area (Å²) in [5, 5.41) is 9.42. The Bertz CT molecular complexity index is 458. The largest absolute Gasteiger partial charge is 0.385 e. The molecule has 0 aliphatic carbocycles. The molecule has 0 atom stereocenters. The zero-order valence-electron chi connectivity index (χ0n) is 11.3. The van der Waals surface area contributed by atoms with Crippen molar-refractivity contribution < 1.29 is 0 Å². The topological polar surface area (TPSA) is 24.1 Å². The number of anilines is 2. The van der Waals surface area contributed by atoms with Crippen LogP contribution in [-0.2, 0) is 0 Å². The Morgan fingerprint density at radius 3 is 1.56 bits per heavy atom. The lowest BCUT2D eigenvalue weighted by Crippen LogP contribution is -2.00. The van der Waals surface area contributed by atoms with Crippen LogP contribution in [0.5, 0.6) is 0 Å². The van der Waals surface area contributed by atoms with Gasteiger partial charge in [0, 0.05) is 24.5 Å². The lowest BCUT2D eigenvalue weighted by molar-refractivity contribution is 0.979. The smallest absolute Gasteiger partial charge is 0.0346 e. The van der Waals surface area contributed by atoms with Gasteiger partial charge in [0.15, 0.2) is 0 Å². The first-order valence-corrected chi connectivity index (χ1v) is 6.85. The first kappa shape index (κ1) is 12.7. The van der Waals surface area contributed by atoms with Crippen molar-refractivity contribution in [2.45, 2.75) is 26.7 Å². The molecule has 0 saturated carbocycles. The highest BCUT2D eigenvalue weighted by atomic mass is 14.9. The highest BCUT2D eigenvalue weighted by Crippen LogP contribution is 2.22. The van der Waals surface area contributed by atoms with Crippen molar-refractivity contribution in [3.63, 3.8) is 0 Å². The average Bonchev–Trinajstić information content (AvgIpc) is 2.42. The van der Waals surface area contributed by atoms with Crippen LogP contribution >= 0.6 is 0 Å². The summed E-state index contributed by atoms with van der Waals surface area (Å²) in [6.45, 7) is 6.42. The van der Waals surface area contributed by atoms with E-state index in [4.69, 9.17) is 0 Å². The van der Waals surface area contributed by atoms with Gasteiger partial charge in [-0.2, -0.15) is 0 Å². The molecule has 0 radical (unpaired) electrons. The predicted molar refractivity (Wildman–Crippen MR) is 81.5 cm³/mol. The van der Waals surface area contributed by atoms with Gasteiger partial charge in [-0.1, -0.05) is 26.0 Å². The van der Waals surface area contributed by atoms with Gasteiger partial charge in [0.25, 0.3) is 0 Å². The Morgan fingerprint density at radius 1 is 0.722 bits per heavy atom. The zero-order valence-corrected chi connectivity index (χ0v) is 11.3. The summed E-state index contributed by atoms with van der Waals surface area (Å²) >= 11 is 0. The van der Waals surface area contributed by atoms with Crippen LogP contribution < -0.4 is 10.6 Å². The van der Waals surface area contributed by atoms with Crippen molar-refractivity contribution in [1.29, 1.82) is 0 Å². The molecule has 2 N–H and O–H groups in total. The van der Waals surface area contributed by atoms with Crippen LogP contribution in [0.3, 0.4) is 0 Å². The molecule has 18 heavy (non-hydrogen) atoms. The fourth-order valence-corrected chi connectivity index (χ4v) is 2.00. The van der Waals surface area contributed by atoms with E-state index in [1.807, 2.05) is 0 Å². The van der Waals surface area contributed by atoms with Crippen LogP contribution in [0.25, 0.3) is 10.8 Å². The van der Waals surface area contributed by atoms with Gasteiger partial charge < -0.3 is 10.6 Å². The van der Waals surface area contributed by atoms with Crippen LogP contribution in [-0.4, -0.2) is 13.1 Å². The fraction of sp³-hybridized carbons (Fsp3) is 0.375. The second kappa shape index (κ2) is 6.29. The third-order valence-corrected chi connectivity index (χ3v) is 3.00. The average molecular weight is 242 g/mol. The first-order valence-electron chi connectivity index (χ1n) is 6.85. The van der Waals surface area contributed by atoms with Crippen molar-refractivity contribution >= 4 is 22.1 Å². The molecule has 0 spiro atoms. The molecule has 2 heteroatoms.